The molecule has 0 spiro atoms. The third-order valence-corrected chi connectivity index (χ3v) is 9.51. The van der Waals surface area contributed by atoms with E-state index in [4.69, 9.17) is 10.7 Å². The molecule has 0 unspecified atom stereocenters. The van der Waals surface area contributed by atoms with Gasteiger partial charge in [-0.1, -0.05) is 32.1 Å². The number of anilines is 3. The number of carboxylic acids is 1. The van der Waals surface area contributed by atoms with E-state index in [2.05, 4.69) is 20.3 Å². The number of piperazine rings is 1. The highest BCUT2D eigenvalue weighted by Crippen LogP contribution is 2.29. The van der Waals surface area contributed by atoms with Crippen LogP contribution in [0.25, 0.3) is 23.4 Å². The molecule has 0 bridgehead atoms. The lowest BCUT2D eigenvalue weighted by molar-refractivity contribution is -0.131. The lowest BCUT2D eigenvalue weighted by Crippen LogP contribution is -2.49. The number of hydrogen-bond donors (Lipinski definition) is 3. The molecule has 1 fully saturated rings. The summed E-state index contributed by atoms with van der Waals surface area (Å²) in [5.74, 6) is -1.61. The van der Waals surface area contributed by atoms with E-state index in [0.29, 0.717) is 33.8 Å². The Morgan fingerprint density at radius 3 is 2.44 bits per heavy atom. The number of aliphatic carboxylic acids is 1. The van der Waals surface area contributed by atoms with Crippen LogP contribution in [0.3, 0.4) is 0 Å². The zero-order chi connectivity index (χ0) is 35.6. The van der Waals surface area contributed by atoms with E-state index in [1.54, 1.807) is 41.7 Å². The molecule has 14 nitrogen and oxygen atoms in total. The molecule has 50 heavy (non-hydrogen) atoms. The van der Waals surface area contributed by atoms with E-state index < -0.39 is 17.4 Å². The second-order valence-electron chi connectivity index (χ2n) is 12.4. The van der Waals surface area contributed by atoms with Crippen molar-refractivity contribution in [2.75, 3.05) is 42.1 Å². The Balaban J connectivity index is 1.28. The number of amides is 2. The minimum absolute atomic E-state index is 0.0674. The maximum atomic E-state index is 13.9. The van der Waals surface area contributed by atoms with Gasteiger partial charge in [0.05, 0.1) is 21.7 Å². The summed E-state index contributed by atoms with van der Waals surface area (Å²) in [5.41, 5.74) is 7.82. The predicted molar refractivity (Wildman–Crippen MR) is 194 cm³/mol. The molecule has 5 aromatic rings. The average Bonchev–Trinajstić information content (AvgIpc) is 3.76. The second kappa shape index (κ2) is 14.0. The van der Waals surface area contributed by atoms with E-state index in [1.807, 2.05) is 31.1 Å². The molecule has 0 atom stereocenters. The molecular weight excluding hydrogens is 679 g/mol. The second-order valence-corrected chi connectivity index (χ2v) is 14.3. The van der Waals surface area contributed by atoms with Crippen LogP contribution in [0, 0.1) is 0 Å². The number of pyridine rings is 2. The Labute approximate surface area is 294 Å². The van der Waals surface area contributed by atoms with Crippen molar-refractivity contribution in [1.29, 1.82) is 0 Å². The van der Waals surface area contributed by atoms with Crippen LogP contribution in [0.15, 0.2) is 65.3 Å². The summed E-state index contributed by atoms with van der Waals surface area (Å²) in [6.07, 6.45) is 10.2. The Morgan fingerprint density at radius 2 is 1.80 bits per heavy atom. The van der Waals surface area contributed by atoms with Crippen molar-refractivity contribution in [1.82, 2.24) is 29.2 Å². The van der Waals surface area contributed by atoms with Gasteiger partial charge in [-0.05, 0) is 42.0 Å². The summed E-state index contributed by atoms with van der Waals surface area (Å²) in [7, 11) is 0. The molecule has 2 amide bonds. The maximum absolute atomic E-state index is 13.9. The SMILES string of the molecule is CC(C)(C)c1csc(NC(=O)c2ccn3c(=O)c(/C=C/C(=O)O)c(N4CCN(C(=O)C(=Cc5ccncc5)c5cnc(N)s5)CC4)nc3c2)n1. The van der Waals surface area contributed by atoms with Crippen molar-refractivity contribution in [3.8, 4) is 0 Å². The van der Waals surface area contributed by atoms with Crippen LogP contribution in [0.4, 0.5) is 16.1 Å². The van der Waals surface area contributed by atoms with Crippen molar-refractivity contribution < 1.29 is 19.5 Å². The summed E-state index contributed by atoms with van der Waals surface area (Å²) in [6.45, 7) is 7.29. The average molecular weight is 712 g/mol. The van der Waals surface area contributed by atoms with Crippen LogP contribution in [0.1, 0.15) is 52.8 Å². The summed E-state index contributed by atoms with van der Waals surface area (Å²) in [4.78, 5) is 73.9. The zero-order valence-electron chi connectivity index (χ0n) is 27.4. The number of nitrogens with zero attached hydrogens (tertiary/aromatic N) is 7. The monoisotopic (exact) mass is 711 g/mol. The van der Waals surface area contributed by atoms with Crippen molar-refractivity contribution in [3.05, 3.63) is 98.1 Å². The van der Waals surface area contributed by atoms with Crippen LogP contribution < -0.4 is 21.5 Å². The van der Waals surface area contributed by atoms with Crippen molar-refractivity contribution in [3.63, 3.8) is 0 Å². The number of rotatable bonds is 8. The number of hydrogen-bond acceptors (Lipinski definition) is 12. The van der Waals surface area contributed by atoms with Gasteiger partial charge in [-0.25, -0.2) is 19.7 Å². The first-order valence-electron chi connectivity index (χ1n) is 15.5. The Bertz CT molecular complexity index is 2210. The van der Waals surface area contributed by atoms with Gasteiger partial charge in [0.1, 0.15) is 11.5 Å². The number of carbonyl (C=O) groups excluding carboxylic acids is 2. The summed E-state index contributed by atoms with van der Waals surface area (Å²) in [6, 6.07) is 6.58. The third kappa shape index (κ3) is 7.45. The van der Waals surface area contributed by atoms with Crippen LogP contribution in [0.2, 0.25) is 0 Å². The molecule has 1 saturated heterocycles. The fourth-order valence-electron chi connectivity index (χ4n) is 5.24. The molecule has 256 valence electrons. The lowest BCUT2D eigenvalue weighted by Gasteiger charge is -2.36. The van der Waals surface area contributed by atoms with Gasteiger partial charge in [0.2, 0.25) is 0 Å². The highest BCUT2D eigenvalue weighted by Gasteiger charge is 2.28. The molecule has 1 aliphatic heterocycles. The van der Waals surface area contributed by atoms with Gasteiger partial charge in [0, 0.05) is 73.4 Å². The quantitative estimate of drug-likeness (QED) is 0.196. The van der Waals surface area contributed by atoms with Gasteiger partial charge in [0.15, 0.2) is 10.3 Å². The van der Waals surface area contributed by atoms with Crippen LogP contribution in [-0.2, 0) is 15.0 Å². The third-order valence-electron chi connectivity index (χ3n) is 7.90. The fraction of sp³-hybridized carbons (Fsp3) is 0.235. The molecule has 0 radical (unpaired) electrons. The summed E-state index contributed by atoms with van der Waals surface area (Å²) in [5, 5.41) is 14.9. The largest absolute Gasteiger partial charge is 0.478 e. The van der Waals surface area contributed by atoms with Crippen LogP contribution >= 0.6 is 22.7 Å². The normalized spacial score (nSPS) is 14.0. The minimum atomic E-state index is -1.23. The molecular formula is C34H33N9O5S2. The number of carbonyl (C=O) groups is 3. The molecule has 0 aliphatic carbocycles. The molecule has 16 heteroatoms. The van der Waals surface area contributed by atoms with Gasteiger partial charge in [-0.2, -0.15) is 0 Å². The number of carboxylic acid groups (broad SMARTS) is 1. The van der Waals surface area contributed by atoms with Crippen molar-refractivity contribution in [2.24, 2.45) is 0 Å². The smallest absolute Gasteiger partial charge is 0.328 e. The Kier molecular flexibility index (Phi) is 9.56. The standard InChI is InChI=1S/C34H33N9O5S2/c1-34(2,3)25-19-49-33(38-25)40-29(46)21-8-11-43-26(17-21)39-28(22(31(43)48)4-5-27(44)45)41-12-14-42(15-13-41)30(47)23(24-18-37-32(35)50-24)16-20-6-9-36-10-7-20/h4-11,16-19H,12-15H2,1-3H3,(H2,35,37)(H,44,45)(H,38,40,46)/b5-4+,23-16?. The Morgan fingerprint density at radius 1 is 1.06 bits per heavy atom. The van der Waals surface area contributed by atoms with E-state index in [1.165, 1.54) is 51.5 Å². The number of nitrogen functional groups attached to an aromatic ring is 1. The zero-order valence-corrected chi connectivity index (χ0v) is 29.0. The topological polar surface area (TPSA) is 189 Å². The van der Waals surface area contributed by atoms with E-state index >= 15 is 0 Å². The number of nitrogens with two attached hydrogens (primary N) is 1. The lowest BCUT2D eigenvalue weighted by atomic mass is 9.93. The van der Waals surface area contributed by atoms with E-state index in [9.17, 15) is 24.3 Å². The van der Waals surface area contributed by atoms with Crippen molar-refractivity contribution in [2.45, 2.75) is 26.2 Å². The number of thiazole rings is 2. The number of nitrogens with one attached hydrogen (secondary N) is 1. The maximum Gasteiger partial charge on any atom is 0.328 e. The van der Waals surface area contributed by atoms with E-state index in [0.717, 1.165) is 17.3 Å². The molecule has 4 N–H and O–H groups in total. The van der Waals surface area contributed by atoms with Gasteiger partial charge in [0.25, 0.3) is 17.4 Å². The molecule has 1 aliphatic rings. The summed E-state index contributed by atoms with van der Waals surface area (Å²) >= 11 is 2.54. The van der Waals surface area contributed by atoms with Crippen molar-refractivity contribution >= 4 is 79.9 Å². The molecule has 0 saturated carbocycles. The van der Waals surface area contributed by atoms with Gasteiger partial charge in [-0.15, -0.1) is 11.3 Å². The molecule has 6 heterocycles. The summed E-state index contributed by atoms with van der Waals surface area (Å²) < 4.78 is 1.26. The van der Waals surface area contributed by atoms with Crippen LogP contribution in [-0.4, -0.2) is 78.3 Å². The predicted octanol–water partition coefficient (Wildman–Crippen LogP) is 4.12. The minimum Gasteiger partial charge on any atom is -0.478 e. The molecule has 0 aromatic carbocycles. The number of aromatic nitrogens is 5. The first-order chi connectivity index (χ1) is 23.9. The van der Waals surface area contributed by atoms with Gasteiger partial charge < -0.3 is 20.6 Å². The highest BCUT2D eigenvalue weighted by atomic mass is 32.1. The van der Waals surface area contributed by atoms with E-state index in [-0.39, 0.29) is 47.0 Å². The highest BCUT2D eigenvalue weighted by molar-refractivity contribution is 7.16. The Hall–Kier alpha value is -5.74. The van der Waals surface area contributed by atoms with Gasteiger partial charge in [-0.3, -0.25) is 29.1 Å². The van der Waals surface area contributed by atoms with Gasteiger partial charge >= 0.3 is 5.97 Å². The van der Waals surface area contributed by atoms with Crippen LogP contribution in [0.5, 0.6) is 0 Å². The molecule has 5 aromatic heterocycles. The fourth-order valence-corrected chi connectivity index (χ4v) is 6.86. The number of fused-ring (bicyclic) bond motifs is 1. The molecule has 6 rings (SSSR count). The first-order valence-corrected chi connectivity index (χ1v) is 17.2. The first kappa shape index (κ1) is 34.1.